The highest BCUT2D eigenvalue weighted by atomic mass is 16.2. The Bertz CT molecular complexity index is 834. The first-order chi connectivity index (χ1) is 11.7. The summed E-state index contributed by atoms with van der Waals surface area (Å²) in [7, 11) is 0. The van der Waals surface area contributed by atoms with Gasteiger partial charge < -0.3 is 10.3 Å². The van der Waals surface area contributed by atoms with Crippen LogP contribution in [0, 0.1) is 0 Å². The van der Waals surface area contributed by atoms with E-state index in [2.05, 4.69) is 15.3 Å². The summed E-state index contributed by atoms with van der Waals surface area (Å²) in [6, 6.07) is 5.66. The van der Waals surface area contributed by atoms with E-state index in [0.29, 0.717) is 6.42 Å². The Kier molecular flexibility index (Phi) is 3.96. The minimum atomic E-state index is -0.264. The van der Waals surface area contributed by atoms with Crippen LogP contribution in [-0.4, -0.2) is 14.5 Å². The third-order valence-corrected chi connectivity index (χ3v) is 5.22. The lowest BCUT2D eigenvalue weighted by Gasteiger charge is -2.23. The van der Waals surface area contributed by atoms with Gasteiger partial charge in [-0.3, -0.25) is 9.36 Å². The van der Waals surface area contributed by atoms with Crippen LogP contribution >= 0.6 is 0 Å². The highest BCUT2D eigenvalue weighted by molar-refractivity contribution is 5.40. The molecular formula is C18H22N4O2. The van der Waals surface area contributed by atoms with Gasteiger partial charge in [0.05, 0.1) is 11.7 Å². The molecule has 0 spiro atoms. The van der Waals surface area contributed by atoms with E-state index in [1.807, 2.05) is 18.2 Å². The summed E-state index contributed by atoms with van der Waals surface area (Å²) in [6.45, 7) is 0. The van der Waals surface area contributed by atoms with Crippen molar-refractivity contribution in [2.75, 3.05) is 5.32 Å². The number of hydrogen-bond acceptors (Lipinski definition) is 4. The summed E-state index contributed by atoms with van der Waals surface area (Å²) in [5.74, 6) is 0.757. The maximum absolute atomic E-state index is 12.9. The molecule has 126 valence electrons. The SMILES string of the molecule is O=c1[nH]c2c(c(=O)n1C1CCCCC1)CC[C@@H]2Nc1ccccn1. The van der Waals surface area contributed by atoms with Crippen LogP contribution in [0.3, 0.4) is 0 Å². The molecule has 0 radical (unpaired) electrons. The van der Waals surface area contributed by atoms with Gasteiger partial charge in [0.15, 0.2) is 0 Å². The first kappa shape index (κ1) is 15.2. The average molecular weight is 326 g/mol. The molecule has 2 N–H and O–H groups in total. The maximum atomic E-state index is 12.9. The van der Waals surface area contributed by atoms with Crippen molar-refractivity contribution in [1.82, 2.24) is 14.5 Å². The molecule has 2 heterocycles. The number of fused-ring (bicyclic) bond motifs is 1. The molecule has 0 bridgehead atoms. The lowest BCUT2D eigenvalue weighted by molar-refractivity contribution is 0.335. The lowest BCUT2D eigenvalue weighted by atomic mass is 9.95. The number of rotatable bonds is 3. The van der Waals surface area contributed by atoms with E-state index in [4.69, 9.17) is 0 Å². The quantitative estimate of drug-likeness (QED) is 0.908. The molecular weight excluding hydrogens is 304 g/mol. The first-order valence-corrected chi connectivity index (χ1v) is 8.79. The zero-order valence-corrected chi connectivity index (χ0v) is 13.6. The second-order valence-electron chi connectivity index (χ2n) is 6.74. The molecule has 0 aliphatic heterocycles. The van der Waals surface area contributed by atoms with Crippen molar-refractivity contribution in [3.63, 3.8) is 0 Å². The highest BCUT2D eigenvalue weighted by Crippen LogP contribution is 2.31. The van der Waals surface area contributed by atoms with Crippen molar-refractivity contribution in [3.05, 3.63) is 56.5 Å². The molecule has 0 unspecified atom stereocenters. The van der Waals surface area contributed by atoms with Crippen LogP contribution < -0.4 is 16.6 Å². The maximum Gasteiger partial charge on any atom is 0.328 e. The van der Waals surface area contributed by atoms with Crippen LogP contribution in [0.2, 0.25) is 0 Å². The Morgan fingerprint density at radius 2 is 1.96 bits per heavy atom. The van der Waals surface area contributed by atoms with Gasteiger partial charge >= 0.3 is 5.69 Å². The fourth-order valence-electron chi connectivity index (χ4n) is 4.02. The highest BCUT2D eigenvalue weighted by Gasteiger charge is 2.30. The normalized spacial score (nSPS) is 20.8. The number of aromatic nitrogens is 3. The molecule has 1 atom stereocenters. The van der Waals surface area contributed by atoms with E-state index in [9.17, 15) is 9.59 Å². The fourth-order valence-corrected chi connectivity index (χ4v) is 4.02. The summed E-state index contributed by atoms with van der Waals surface area (Å²) in [5.41, 5.74) is 1.14. The van der Waals surface area contributed by atoms with E-state index < -0.39 is 0 Å². The number of nitrogens with one attached hydrogen (secondary N) is 2. The molecule has 6 nitrogen and oxygen atoms in total. The van der Waals surface area contributed by atoms with E-state index in [0.717, 1.165) is 49.2 Å². The van der Waals surface area contributed by atoms with Crippen LogP contribution in [0.4, 0.5) is 5.82 Å². The van der Waals surface area contributed by atoms with Crippen molar-refractivity contribution in [2.45, 2.75) is 57.0 Å². The second kappa shape index (κ2) is 6.26. The average Bonchev–Trinajstić information content (AvgIpc) is 3.00. The van der Waals surface area contributed by atoms with Gasteiger partial charge in [-0.1, -0.05) is 25.3 Å². The van der Waals surface area contributed by atoms with E-state index in [1.54, 1.807) is 6.20 Å². The zero-order chi connectivity index (χ0) is 16.5. The number of hydrogen-bond donors (Lipinski definition) is 2. The van der Waals surface area contributed by atoms with Crippen LogP contribution in [-0.2, 0) is 6.42 Å². The molecule has 4 rings (SSSR count). The number of H-pyrrole nitrogens is 1. The van der Waals surface area contributed by atoms with Gasteiger partial charge in [0, 0.05) is 17.8 Å². The lowest BCUT2D eigenvalue weighted by Crippen LogP contribution is -2.41. The topological polar surface area (TPSA) is 79.8 Å². The van der Waals surface area contributed by atoms with Gasteiger partial charge in [-0.15, -0.1) is 0 Å². The summed E-state index contributed by atoms with van der Waals surface area (Å²) < 4.78 is 1.47. The van der Waals surface area contributed by atoms with Gasteiger partial charge in [-0.05, 0) is 37.8 Å². The van der Waals surface area contributed by atoms with Crippen molar-refractivity contribution in [2.24, 2.45) is 0 Å². The molecule has 1 saturated carbocycles. The van der Waals surface area contributed by atoms with Gasteiger partial charge in [-0.25, -0.2) is 9.78 Å². The Balaban J connectivity index is 1.68. The molecule has 0 aromatic carbocycles. The predicted molar refractivity (Wildman–Crippen MR) is 92.4 cm³/mol. The Morgan fingerprint density at radius 3 is 2.71 bits per heavy atom. The standard InChI is InChI=1S/C18H22N4O2/c23-17-13-9-10-14(20-15-8-4-5-11-19-15)16(13)21-18(24)22(17)12-6-2-1-3-7-12/h4-5,8,11-12,14H,1-3,6-7,9-10H2,(H,19,20)(H,21,24)/t14-/m0/s1. The Morgan fingerprint density at radius 1 is 1.12 bits per heavy atom. The molecule has 0 saturated heterocycles. The second-order valence-corrected chi connectivity index (χ2v) is 6.74. The summed E-state index contributed by atoms with van der Waals surface area (Å²) in [6.07, 6.45) is 8.46. The van der Waals surface area contributed by atoms with Crippen LogP contribution in [0.25, 0.3) is 0 Å². The zero-order valence-electron chi connectivity index (χ0n) is 13.6. The molecule has 2 aliphatic rings. The minimum absolute atomic E-state index is 0.0584. The van der Waals surface area contributed by atoms with Crippen LogP contribution in [0.15, 0.2) is 34.0 Å². The third-order valence-electron chi connectivity index (χ3n) is 5.22. The number of nitrogens with zero attached hydrogens (tertiary/aromatic N) is 2. The predicted octanol–water partition coefficient (Wildman–Crippen LogP) is 2.54. The van der Waals surface area contributed by atoms with Gasteiger partial charge in [0.1, 0.15) is 5.82 Å². The van der Waals surface area contributed by atoms with E-state index in [1.165, 1.54) is 11.0 Å². The molecule has 6 heteroatoms. The summed E-state index contributed by atoms with van der Waals surface area (Å²) in [5, 5.41) is 3.32. The van der Waals surface area contributed by atoms with E-state index >= 15 is 0 Å². The van der Waals surface area contributed by atoms with Gasteiger partial charge in [0.2, 0.25) is 0 Å². The number of anilines is 1. The fraction of sp³-hybridized carbons (Fsp3) is 0.500. The van der Waals surface area contributed by atoms with Gasteiger partial charge in [0.25, 0.3) is 5.56 Å². The molecule has 0 amide bonds. The number of aromatic amines is 1. The van der Waals surface area contributed by atoms with Gasteiger partial charge in [-0.2, -0.15) is 0 Å². The first-order valence-electron chi connectivity index (χ1n) is 8.79. The number of pyridine rings is 1. The largest absolute Gasteiger partial charge is 0.362 e. The Labute approximate surface area is 140 Å². The summed E-state index contributed by atoms with van der Waals surface area (Å²) in [4.78, 5) is 32.7. The van der Waals surface area contributed by atoms with Crippen molar-refractivity contribution < 1.29 is 0 Å². The molecule has 1 fully saturated rings. The monoisotopic (exact) mass is 326 g/mol. The van der Waals surface area contributed by atoms with Crippen LogP contribution in [0.5, 0.6) is 0 Å². The molecule has 24 heavy (non-hydrogen) atoms. The van der Waals surface area contributed by atoms with Crippen molar-refractivity contribution in [1.29, 1.82) is 0 Å². The molecule has 2 aromatic rings. The molecule has 2 aliphatic carbocycles. The smallest absolute Gasteiger partial charge is 0.328 e. The molecule has 2 aromatic heterocycles. The minimum Gasteiger partial charge on any atom is -0.362 e. The Hall–Kier alpha value is -2.37. The van der Waals surface area contributed by atoms with Crippen molar-refractivity contribution >= 4 is 5.82 Å². The third kappa shape index (κ3) is 2.66. The van der Waals surface area contributed by atoms with Crippen molar-refractivity contribution in [3.8, 4) is 0 Å². The summed E-state index contributed by atoms with van der Waals surface area (Å²) >= 11 is 0. The van der Waals surface area contributed by atoms with E-state index in [-0.39, 0.29) is 23.3 Å². The van der Waals surface area contributed by atoms with Crippen LogP contribution in [0.1, 0.15) is 61.9 Å².